The Morgan fingerprint density at radius 3 is 1.97 bits per heavy atom. The van der Waals surface area contributed by atoms with Crippen LogP contribution >= 0.6 is 7.82 Å². The molecule has 0 saturated carbocycles. The van der Waals surface area contributed by atoms with Gasteiger partial charge in [0, 0.05) is 13.0 Å². The quantitative estimate of drug-likeness (QED) is 0.0417. The number of aliphatic hydroxyl groups is 1. The number of nitrogens with one attached hydrogen (secondary N) is 1. The summed E-state index contributed by atoms with van der Waals surface area (Å²) in [5.41, 5.74) is 5.33. The number of hydrogen-bond acceptors (Lipinski definition) is 6. The molecule has 1 amide bonds. The van der Waals surface area contributed by atoms with Crippen molar-refractivity contribution in [1.82, 2.24) is 5.32 Å². The summed E-state index contributed by atoms with van der Waals surface area (Å²) < 4.78 is 21.9. The van der Waals surface area contributed by atoms with Gasteiger partial charge in [0.2, 0.25) is 5.91 Å². The van der Waals surface area contributed by atoms with Gasteiger partial charge in [-0.25, -0.2) is 4.57 Å². The van der Waals surface area contributed by atoms with Crippen molar-refractivity contribution in [2.75, 3.05) is 19.8 Å². The van der Waals surface area contributed by atoms with Gasteiger partial charge in [-0.15, -0.1) is 0 Å². The molecular weight excluding hydrogens is 515 g/mol. The smallest absolute Gasteiger partial charge is 0.391 e. The minimum Gasteiger partial charge on any atom is -0.391 e. The Kier molecular flexibility index (Phi) is 26.9. The van der Waals surface area contributed by atoms with Gasteiger partial charge < -0.3 is 21.1 Å². The molecule has 0 rings (SSSR count). The van der Waals surface area contributed by atoms with E-state index in [1.54, 1.807) is 0 Å². The maximum absolute atomic E-state index is 12.6. The average molecular weight is 577 g/mol. The fourth-order valence-corrected chi connectivity index (χ4v) is 5.17. The van der Waals surface area contributed by atoms with Gasteiger partial charge >= 0.3 is 7.82 Å². The molecule has 0 radical (unpaired) electrons. The van der Waals surface area contributed by atoms with Crippen LogP contribution in [-0.2, 0) is 18.4 Å². The highest BCUT2D eigenvalue weighted by Crippen LogP contribution is 2.43. The number of phosphoric ester groups is 1. The van der Waals surface area contributed by atoms with Crippen LogP contribution in [0.1, 0.15) is 142 Å². The zero-order chi connectivity index (χ0) is 29.0. The molecule has 5 N–H and O–H groups in total. The lowest BCUT2D eigenvalue weighted by Gasteiger charge is -2.25. The topological polar surface area (TPSA) is 131 Å². The third kappa shape index (κ3) is 25.9. The molecule has 3 atom stereocenters. The average Bonchev–Trinajstić information content (AvgIpc) is 2.91. The summed E-state index contributed by atoms with van der Waals surface area (Å²) in [6.45, 7) is 4.10. The fourth-order valence-electron chi connectivity index (χ4n) is 4.41. The van der Waals surface area contributed by atoms with Crippen molar-refractivity contribution in [2.45, 2.75) is 154 Å². The van der Waals surface area contributed by atoms with Gasteiger partial charge in [-0.1, -0.05) is 116 Å². The summed E-state index contributed by atoms with van der Waals surface area (Å²) in [5, 5.41) is 13.6. The summed E-state index contributed by atoms with van der Waals surface area (Å²) in [6, 6.07) is -0.770. The van der Waals surface area contributed by atoms with Crippen molar-refractivity contribution < 1.29 is 28.4 Å². The van der Waals surface area contributed by atoms with Crippen molar-refractivity contribution in [1.29, 1.82) is 0 Å². The normalized spacial score (nSPS) is 14.9. The molecule has 0 bridgehead atoms. The van der Waals surface area contributed by atoms with E-state index in [2.05, 4.69) is 31.3 Å². The molecule has 0 aliphatic rings. The predicted octanol–water partition coefficient (Wildman–Crippen LogP) is 7.32. The number of aliphatic hydroxyl groups excluding tert-OH is 1. The number of carbonyl (C=O) groups excluding carboxylic acids is 1. The maximum atomic E-state index is 12.6. The van der Waals surface area contributed by atoms with Crippen LogP contribution in [0.15, 0.2) is 12.2 Å². The minimum absolute atomic E-state index is 0.0883. The van der Waals surface area contributed by atoms with E-state index in [0.29, 0.717) is 12.8 Å². The zero-order valence-electron chi connectivity index (χ0n) is 25.1. The lowest BCUT2D eigenvalue weighted by atomic mass is 10.0. The number of unbranched alkanes of at least 4 members (excludes halogenated alkanes) is 15. The number of nitrogens with two attached hydrogens (primary N) is 1. The Labute approximate surface area is 239 Å². The van der Waals surface area contributed by atoms with Crippen LogP contribution in [0.4, 0.5) is 0 Å². The molecule has 0 fully saturated rings. The number of hydrogen-bond donors (Lipinski definition) is 4. The highest BCUT2D eigenvalue weighted by Gasteiger charge is 2.27. The van der Waals surface area contributed by atoms with Gasteiger partial charge in [-0.05, 0) is 32.1 Å². The van der Waals surface area contributed by atoms with Crippen LogP contribution in [0.2, 0.25) is 0 Å². The third-order valence-corrected chi connectivity index (χ3v) is 7.85. The second-order valence-electron chi connectivity index (χ2n) is 10.7. The van der Waals surface area contributed by atoms with Crippen molar-refractivity contribution in [3.63, 3.8) is 0 Å². The highest BCUT2D eigenvalue weighted by molar-refractivity contribution is 7.47. The zero-order valence-corrected chi connectivity index (χ0v) is 26.0. The third-order valence-electron chi connectivity index (χ3n) is 6.87. The summed E-state index contributed by atoms with van der Waals surface area (Å²) in [6.07, 6.45) is 25.1. The molecule has 39 heavy (non-hydrogen) atoms. The first-order chi connectivity index (χ1) is 18.9. The molecule has 3 unspecified atom stereocenters. The lowest BCUT2D eigenvalue weighted by molar-refractivity contribution is -0.123. The van der Waals surface area contributed by atoms with Crippen LogP contribution < -0.4 is 11.1 Å². The molecule has 0 spiro atoms. The first kappa shape index (κ1) is 38.2. The Balaban J connectivity index is 4.38. The van der Waals surface area contributed by atoms with E-state index in [1.807, 2.05) is 0 Å². The van der Waals surface area contributed by atoms with Crippen molar-refractivity contribution >= 4 is 13.7 Å². The van der Waals surface area contributed by atoms with Crippen LogP contribution in [0.25, 0.3) is 0 Å². The van der Waals surface area contributed by atoms with E-state index in [-0.39, 0.29) is 25.7 Å². The molecule has 0 saturated heterocycles. The van der Waals surface area contributed by atoms with E-state index < -0.39 is 20.0 Å². The van der Waals surface area contributed by atoms with Crippen LogP contribution in [-0.4, -0.2) is 47.8 Å². The van der Waals surface area contributed by atoms with Crippen LogP contribution in [0.5, 0.6) is 0 Å². The molecular formula is C30H61N2O6P. The Bertz CT molecular complexity index is 635. The molecule has 232 valence electrons. The van der Waals surface area contributed by atoms with Gasteiger partial charge in [-0.2, -0.15) is 0 Å². The molecule has 0 aromatic carbocycles. The second-order valence-corrected chi connectivity index (χ2v) is 12.1. The Morgan fingerprint density at radius 1 is 0.821 bits per heavy atom. The van der Waals surface area contributed by atoms with Crippen molar-refractivity contribution in [3.05, 3.63) is 12.2 Å². The molecule has 9 heteroatoms. The Morgan fingerprint density at radius 2 is 1.36 bits per heavy atom. The van der Waals surface area contributed by atoms with Crippen molar-refractivity contribution in [3.8, 4) is 0 Å². The fraction of sp³-hybridized carbons (Fsp3) is 0.900. The van der Waals surface area contributed by atoms with Gasteiger partial charge in [0.05, 0.1) is 25.4 Å². The van der Waals surface area contributed by atoms with Gasteiger partial charge in [0.1, 0.15) is 0 Å². The SMILES string of the molecule is CCCC/C=C\CCCCCCCC(=O)NC(COP(=O)(O)OCCN)C(O)CCCCCCCCCCC. The maximum Gasteiger partial charge on any atom is 0.472 e. The minimum atomic E-state index is -4.29. The number of phosphoric acid groups is 1. The van der Waals surface area contributed by atoms with E-state index in [1.165, 1.54) is 64.2 Å². The van der Waals surface area contributed by atoms with E-state index in [9.17, 15) is 19.4 Å². The summed E-state index contributed by atoms with van der Waals surface area (Å²) in [7, 11) is -4.29. The van der Waals surface area contributed by atoms with Gasteiger partial charge in [-0.3, -0.25) is 13.8 Å². The van der Waals surface area contributed by atoms with Crippen LogP contribution in [0.3, 0.4) is 0 Å². The first-order valence-corrected chi connectivity index (χ1v) is 17.3. The molecule has 8 nitrogen and oxygen atoms in total. The molecule has 0 aliphatic carbocycles. The standard InChI is InChI=1S/C30H61N2O6P/c1-3-5-7-9-11-13-14-16-18-20-22-24-30(34)32-28(27-38-39(35,36)37-26-25-31)29(33)23-21-19-17-15-12-10-8-6-4-2/h9,11,28-29,33H,3-8,10,12-27,31H2,1-2H3,(H,32,34)(H,35,36)/b11-9-. The first-order valence-electron chi connectivity index (χ1n) is 15.8. The van der Waals surface area contributed by atoms with E-state index in [4.69, 9.17) is 14.8 Å². The van der Waals surface area contributed by atoms with Gasteiger partial charge in [0.15, 0.2) is 0 Å². The number of amides is 1. The summed E-state index contributed by atoms with van der Waals surface area (Å²) in [5.74, 6) is -0.177. The lowest BCUT2D eigenvalue weighted by Crippen LogP contribution is -2.46. The second kappa shape index (κ2) is 27.4. The number of carbonyl (C=O) groups is 1. The molecule has 0 aromatic heterocycles. The summed E-state index contributed by atoms with van der Waals surface area (Å²) >= 11 is 0. The number of rotatable bonds is 29. The van der Waals surface area contributed by atoms with Crippen molar-refractivity contribution in [2.24, 2.45) is 5.73 Å². The predicted molar refractivity (Wildman–Crippen MR) is 162 cm³/mol. The van der Waals surface area contributed by atoms with E-state index in [0.717, 1.165) is 51.4 Å². The van der Waals surface area contributed by atoms with Gasteiger partial charge in [0.25, 0.3) is 0 Å². The van der Waals surface area contributed by atoms with Crippen LogP contribution in [0, 0.1) is 0 Å². The monoisotopic (exact) mass is 576 g/mol. The highest BCUT2D eigenvalue weighted by atomic mass is 31.2. The largest absolute Gasteiger partial charge is 0.472 e. The molecule has 0 aromatic rings. The molecule has 0 aliphatic heterocycles. The Hall–Kier alpha value is -0.760. The molecule has 0 heterocycles. The summed E-state index contributed by atoms with van der Waals surface area (Å²) in [4.78, 5) is 22.4. The number of allylic oxidation sites excluding steroid dienone is 2. The van der Waals surface area contributed by atoms with E-state index >= 15 is 0 Å².